The maximum Gasteiger partial charge on any atom is 0.262 e. The van der Waals surface area contributed by atoms with Gasteiger partial charge in [0.1, 0.15) is 5.76 Å². The lowest BCUT2D eigenvalue weighted by Gasteiger charge is -2.32. The maximum absolute atomic E-state index is 11.5. The number of ether oxygens (including phenoxy) is 1. The first-order valence-corrected chi connectivity index (χ1v) is 10.0. The second-order valence-electron chi connectivity index (χ2n) is 8.68. The second-order valence-corrected chi connectivity index (χ2v) is 8.68. The van der Waals surface area contributed by atoms with Gasteiger partial charge >= 0.3 is 0 Å². The summed E-state index contributed by atoms with van der Waals surface area (Å²) in [6.45, 7) is 11.2. The fraction of sp³-hybridized carbons (Fsp3) is 0.522. The molecule has 0 spiro atoms. The van der Waals surface area contributed by atoms with E-state index in [1.807, 2.05) is 6.08 Å². The molecule has 152 valence electrons. The molecule has 0 radical (unpaired) electrons. The molecule has 1 aliphatic carbocycles. The Morgan fingerprint density at radius 1 is 1.25 bits per heavy atom. The summed E-state index contributed by atoms with van der Waals surface area (Å²) in [6.07, 6.45) is 3.74. The number of rotatable bonds is 6. The number of fused-ring (bicyclic) bond motifs is 1. The highest BCUT2D eigenvalue weighted by Crippen LogP contribution is 2.29. The van der Waals surface area contributed by atoms with Crippen molar-refractivity contribution in [3.05, 3.63) is 57.5 Å². The van der Waals surface area contributed by atoms with Crippen molar-refractivity contribution in [3.8, 4) is 0 Å². The fourth-order valence-corrected chi connectivity index (χ4v) is 4.16. The first-order chi connectivity index (χ1) is 13.2. The molecule has 1 amide bonds. The van der Waals surface area contributed by atoms with Crippen LogP contribution in [0.15, 0.2) is 35.2 Å². The van der Waals surface area contributed by atoms with E-state index in [4.69, 9.17) is 4.74 Å². The molecular weight excluding hydrogens is 352 g/mol. The van der Waals surface area contributed by atoms with Gasteiger partial charge < -0.3 is 20.5 Å². The zero-order valence-electron chi connectivity index (χ0n) is 17.6. The minimum atomic E-state index is -0.645. The predicted octanol–water partition coefficient (Wildman–Crippen LogP) is 2.96. The zero-order valence-corrected chi connectivity index (χ0v) is 17.6. The van der Waals surface area contributed by atoms with E-state index in [0.29, 0.717) is 18.0 Å². The number of hydrogen-bond acceptors (Lipinski definition) is 4. The summed E-state index contributed by atoms with van der Waals surface area (Å²) < 4.78 is 5.61. The fourth-order valence-electron chi connectivity index (χ4n) is 4.16. The number of amides is 1. The number of aliphatic hydroxyl groups is 1. The molecule has 3 N–H and O–H groups in total. The largest absolute Gasteiger partial charge is 0.482 e. The molecule has 1 aromatic carbocycles. The molecular formula is C23H32N2O3. The van der Waals surface area contributed by atoms with Crippen LogP contribution in [0.1, 0.15) is 48.9 Å². The second kappa shape index (κ2) is 8.10. The third kappa shape index (κ3) is 4.65. The van der Waals surface area contributed by atoms with Crippen LogP contribution in [0.3, 0.4) is 0 Å². The van der Waals surface area contributed by atoms with Crippen molar-refractivity contribution in [1.82, 2.24) is 10.6 Å². The molecule has 0 saturated carbocycles. The summed E-state index contributed by atoms with van der Waals surface area (Å²) in [5.74, 6) is 0.497. The van der Waals surface area contributed by atoms with Crippen molar-refractivity contribution in [2.75, 3.05) is 13.2 Å². The van der Waals surface area contributed by atoms with E-state index in [2.05, 4.69) is 57.4 Å². The van der Waals surface area contributed by atoms with Gasteiger partial charge in [0, 0.05) is 17.7 Å². The van der Waals surface area contributed by atoms with Crippen LogP contribution >= 0.6 is 0 Å². The molecule has 1 aromatic rings. The highest BCUT2D eigenvalue weighted by atomic mass is 16.5. The summed E-state index contributed by atoms with van der Waals surface area (Å²) in [5.41, 5.74) is 6.67. The Balaban J connectivity index is 1.67. The van der Waals surface area contributed by atoms with E-state index in [-0.39, 0.29) is 18.1 Å². The van der Waals surface area contributed by atoms with Crippen molar-refractivity contribution < 1.29 is 14.6 Å². The number of carbonyl (C=O) groups excluding carboxylic acids is 1. The lowest BCUT2D eigenvalue weighted by molar-refractivity contribution is -0.125. The average molecular weight is 385 g/mol. The van der Waals surface area contributed by atoms with Gasteiger partial charge in [-0.2, -0.15) is 0 Å². The lowest BCUT2D eigenvalue weighted by Crippen LogP contribution is -2.46. The molecule has 0 bridgehead atoms. The minimum Gasteiger partial charge on any atom is -0.482 e. The van der Waals surface area contributed by atoms with E-state index >= 15 is 0 Å². The number of morpholine rings is 1. The van der Waals surface area contributed by atoms with E-state index < -0.39 is 6.10 Å². The highest BCUT2D eigenvalue weighted by molar-refractivity contribution is 5.81. The van der Waals surface area contributed by atoms with Crippen molar-refractivity contribution in [1.29, 1.82) is 0 Å². The average Bonchev–Trinajstić information content (AvgIpc) is 2.62. The van der Waals surface area contributed by atoms with Crippen LogP contribution in [0.2, 0.25) is 0 Å². The number of allylic oxidation sites excluding steroid dienone is 1. The molecule has 3 rings (SSSR count). The van der Waals surface area contributed by atoms with E-state index in [9.17, 15) is 9.90 Å². The summed E-state index contributed by atoms with van der Waals surface area (Å²) in [6, 6.07) is 4.45. The smallest absolute Gasteiger partial charge is 0.262 e. The summed E-state index contributed by atoms with van der Waals surface area (Å²) in [7, 11) is 0. The summed E-state index contributed by atoms with van der Waals surface area (Å²) in [4.78, 5) is 11.5. The van der Waals surface area contributed by atoms with Crippen molar-refractivity contribution in [3.63, 3.8) is 0 Å². The van der Waals surface area contributed by atoms with Gasteiger partial charge in [-0.05, 0) is 70.6 Å². The first-order valence-electron chi connectivity index (χ1n) is 10.0. The van der Waals surface area contributed by atoms with Crippen molar-refractivity contribution >= 4 is 5.91 Å². The number of β-amino-alcohol motifs (C(OH)–C–C–N with tert-alkyl or cyclic N) is 1. The Kier molecular flexibility index (Phi) is 5.96. The standard InChI is InChI=1S/C23H32N2O3/c1-14-9-15(2)18(16(3)10-14)11-23(4,5)24-12-20(26)17-7-6-8-19-22(17)28-13-21(27)25-19/h8-10,20,24,26H,6-7,11-13H2,1-5H3,(H,25,27). The Labute approximate surface area is 167 Å². The van der Waals surface area contributed by atoms with E-state index in [0.717, 1.165) is 24.8 Å². The predicted molar refractivity (Wildman–Crippen MR) is 111 cm³/mol. The van der Waals surface area contributed by atoms with Crippen LogP contribution in [-0.4, -0.2) is 35.8 Å². The summed E-state index contributed by atoms with van der Waals surface area (Å²) in [5, 5.41) is 17.2. The van der Waals surface area contributed by atoms with Crippen LogP contribution in [0.5, 0.6) is 0 Å². The molecule has 0 aromatic heterocycles. The van der Waals surface area contributed by atoms with Crippen LogP contribution in [0.4, 0.5) is 0 Å². The number of nitrogens with one attached hydrogen (secondary N) is 2. The van der Waals surface area contributed by atoms with Crippen molar-refractivity contribution in [2.24, 2.45) is 0 Å². The van der Waals surface area contributed by atoms with Crippen LogP contribution in [-0.2, 0) is 16.0 Å². The van der Waals surface area contributed by atoms with Crippen molar-refractivity contribution in [2.45, 2.75) is 65.5 Å². The number of hydrogen-bond donors (Lipinski definition) is 3. The normalized spacial score (nSPS) is 18.2. The van der Waals surface area contributed by atoms with Gasteiger partial charge in [0.2, 0.25) is 0 Å². The highest BCUT2D eigenvalue weighted by Gasteiger charge is 2.29. The third-order valence-corrected chi connectivity index (χ3v) is 5.56. The van der Waals surface area contributed by atoms with Gasteiger partial charge in [-0.1, -0.05) is 23.8 Å². The number of aryl methyl sites for hydroxylation is 3. The number of carbonyl (C=O) groups is 1. The quantitative estimate of drug-likeness (QED) is 0.705. The number of benzene rings is 1. The summed E-state index contributed by atoms with van der Waals surface area (Å²) >= 11 is 0. The number of aliphatic hydroxyl groups excluding tert-OH is 1. The van der Waals surface area contributed by atoms with Crippen LogP contribution in [0.25, 0.3) is 0 Å². The monoisotopic (exact) mass is 384 g/mol. The Hall–Kier alpha value is -2.11. The van der Waals surface area contributed by atoms with Gasteiger partial charge in [0.15, 0.2) is 6.61 Å². The Morgan fingerprint density at radius 3 is 2.61 bits per heavy atom. The van der Waals surface area contributed by atoms with Crippen LogP contribution < -0.4 is 10.6 Å². The molecule has 1 fully saturated rings. The van der Waals surface area contributed by atoms with Gasteiger partial charge in [-0.15, -0.1) is 0 Å². The molecule has 1 heterocycles. The van der Waals surface area contributed by atoms with E-state index in [1.54, 1.807) is 0 Å². The van der Waals surface area contributed by atoms with Gasteiger partial charge in [0.25, 0.3) is 5.91 Å². The molecule has 1 unspecified atom stereocenters. The lowest BCUT2D eigenvalue weighted by atomic mass is 9.88. The molecule has 5 nitrogen and oxygen atoms in total. The first kappa shape index (κ1) is 20.6. The molecule has 28 heavy (non-hydrogen) atoms. The Bertz CT molecular complexity index is 813. The van der Waals surface area contributed by atoms with Gasteiger partial charge in [-0.25, -0.2) is 0 Å². The van der Waals surface area contributed by atoms with Crippen LogP contribution in [0, 0.1) is 20.8 Å². The minimum absolute atomic E-state index is 0.00773. The zero-order chi connectivity index (χ0) is 20.5. The molecule has 2 aliphatic rings. The van der Waals surface area contributed by atoms with Gasteiger partial charge in [-0.3, -0.25) is 4.79 Å². The Morgan fingerprint density at radius 2 is 1.93 bits per heavy atom. The SMILES string of the molecule is Cc1cc(C)c(CC(C)(C)NCC(O)C2=C3OCC(=O)NC3=CCC2)c(C)c1. The molecule has 5 heteroatoms. The van der Waals surface area contributed by atoms with Gasteiger partial charge in [0.05, 0.1) is 11.8 Å². The molecule has 1 atom stereocenters. The van der Waals surface area contributed by atoms with E-state index in [1.165, 1.54) is 22.3 Å². The topological polar surface area (TPSA) is 70.6 Å². The molecule has 1 aliphatic heterocycles. The third-order valence-electron chi connectivity index (χ3n) is 5.56. The maximum atomic E-state index is 11.5. The molecule has 1 saturated heterocycles.